The van der Waals surface area contributed by atoms with E-state index in [2.05, 4.69) is 10.3 Å². The third kappa shape index (κ3) is 2.43. The number of fused-ring (bicyclic) bond motifs is 1. The first-order chi connectivity index (χ1) is 7.47. The molecule has 1 aromatic heterocycles. The number of anilines is 1. The second-order valence-corrected chi connectivity index (χ2v) is 6.38. The Balaban J connectivity index is 2.11. The average molecular weight is 238 g/mol. The number of nitrogens with one attached hydrogen (secondary N) is 1. The van der Waals surface area contributed by atoms with Crippen LogP contribution in [0.5, 0.6) is 0 Å². The normalized spacial score (nSPS) is 15.7. The quantitative estimate of drug-likeness (QED) is 0.817. The number of aromatic nitrogens is 1. The Kier molecular flexibility index (Phi) is 3.02. The van der Waals surface area contributed by atoms with Crippen molar-refractivity contribution < 1.29 is 4.79 Å². The Hall–Kier alpha value is -0.900. The number of hydrogen-bond donors (Lipinski definition) is 1. The van der Waals surface area contributed by atoms with Gasteiger partial charge in [0.25, 0.3) is 0 Å². The van der Waals surface area contributed by atoms with Gasteiger partial charge in [0.05, 0.1) is 5.69 Å². The van der Waals surface area contributed by atoms with Crippen LogP contribution < -0.4 is 5.32 Å². The summed E-state index contributed by atoms with van der Waals surface area (Å²) in [6.45, 7) is 5.74. The van der Waals surface area contributed by atoms with E-state index in [0.717, 1.165) is 18.0 Å². The molecule has 1 N–H and O–H groups in total. The van der Waals surface area contributed by atoms with Crippen molar-refractivity contribution in [2.45, 2.75) is 46.5 Å². The highest BCUT2D eigenvalue weighted by molar-refractivity contribution is 7.15. The fourth-order valence-electron chi connectivity index (χ4n) is 1.69. The second-order valence-electron chi connectivity index (χ2n) is 5.30. The van der Waals surface area contributed by atoms with Crippen LogP contribution in [-0.4, -0.2) is 10.9 Å². The molecule has 0 fully saturated rings. The fourth-order valence-corrected chi connectivity index (χ4v) is 2.73. The Labute approximate surface area is 100 Å². The Bertz CT molecular complexity index is 380. The number of amides is 1. The molecule has 1 amide bonds. The van der Waals surface area contributed by atoms with Gasteiger partial charge in [0.1, 0.15) is 0 Å². The van der Waals surface area contributed by atoms with Crippen LogP contribution in [0, 0.1) is 5.41 Å². The second kappa shape index (κ2) is 4.17. The van der Waals surface area contributed by atoms with Gasteiger partial charge < -0.3 is 5.32 Å². The summed E-state index contributed by atoms with van der Waals surface area (Å²) in [5.41, 5.74) is 0.840. The molecule has 4 heteroatoms. The number of rotatable bonds is 1. The average Bonchev–Trinajstić information content (AvgIpc) is 2.58. The lowest BCUT2D eigenvalue weighted by Gasteiger charge is -2.15. The van der Waals surface area contributed by atoms with E-state index in [4.69, 9.17) is 0 Å². The predicted molar refractivity (Wildman–Crippen MR) is 66.8 cm³/mol. The van der Waals surface area contributed by atoms with Crippen LogP contribution in [0.25, 0.3) is 0 Å². The highest BCUT2D eigenvalue weighted by Crippen LogP contribution is 2.30. The lowest BCUT2D eigenvalue weighted by Crippen LogP contribution is -2.27. The molecule has 0 aliphatic heterocycles. The van der Waals surface area contributed by atoms with Crippen LogP contribution in [0.1, 0.15) is 44.2 Å². The predicted octanol–water partition coefficient (Wildman–Crippen LogP) is 3.01. The molecule has 0 atom stereocenters. The highest BCUT2D eigenvalue weighted by Gasteiger charge is 2.23. The number of nitrogens with zero attached hydrogens (tertiary/aromatic N) is 1. The van der Waals surface area contributed by atoms with Gasteiger partial charge in [0.2, 0.25) is 5.91 Å². The fraction of sp³-hybridized carbons (Fsp3) is 0.667. The molecule has 2 rings (SSSR count). The summed E-state index contributed by atoms with van der Waals surface area (Å²) in [6, 6.07) is 0. The van der Waals surface area contributed by atoms with Gasteiger partial charge in [-0.1, -0.05) is 20.8 Å². The monoisotopic (exact) mass is 238 g/mol. The summed E-state index contributed by atoms with van der Waals surface area (Å²) in [6.07, 6.45) is 4.67. The molecule has 0 radical (unpaired) electrons. The number of hydrogen-bond acceptors (Lipinski definition) is 3. The van der Waals surface area contributed by atoms with Gasteiger partial charge in [-0.2, -0.15) is 0 Å². The van der Waals surface area contributed by atoms with Crippen molar-refractivity contribution in [2.24, 2.45) is 5.41 Å². The van der Waals surface area contributed by atoms with Crippen LogP contribution in [0.3, 0.4) is 0 Å². The van der Waals surface area contributed by atoms with E-state index in [1.807, 2.05) is 20.8 Å². The third-order valence-corrected chi connectivity index (χ3v) is 3.82. The lowest BCUT2D eigenvalue weighted by molar-refractivity contribution is -0.123. The Morgan fingerprint density at radius 1 is 1.31 bits per heavy atom. The maximum absolute atomic E-state index is 11.8. The van der Waals surface area contributed by atoms with Crippen molar-refractivity contribution in [3.63, 3.8) is 0 Å². The van der Waals surface area contributed by atoms with E-state index >= 15 is 0 Å². The summed E-state index contributed by atoms with van der Waals surface area (Å²) in [7, 11) is 0. The lowest BCUT2D eigenvalue weighted by atomic mass is 9.96. The molecule has 0 saturated heterocycles. The van der Waals surface area contributed by atoms with Crippen molar-refractivity contribution in [3.05, 3.63) is 10.6 Å². The van der Waals surface area contributed by atoms with E-state index in [-0.39, 0.29) is 11.3 Å². The maximum atomic E-state index is 11.8. The van der Waals surface area contributed by atoms with Gasteiger partial charge >= 0.3 is 0 Å². The molecule has 0 bridgehead atoms. The summed E-state index contributed by atoms with van der Waals surface area (Å²) in [5, 5.41) is 3.68. The molecular formula is C12H18N2OS. The summed E-state index contributed by atoms with van der Waals surface area (Å²) in [4.78, 5) is 17.7. The van der Waals surface area contributed by atoms with Crippen molar-refractivity contribution in [3.8, 4) is 0 Å². The summed E-state index contributed by atoms with van der Waals surface area (Å²) in [5.74, 6) is 0.0404. The first-order valence-electron chi connectivity index (χ1n) is 5.77. The molecular weight excluding hydrogens is 220 g/mol. The van der Waals surface area contributed by atoms with Crippen molar-refractivity contribution >= 4 is 22.4 Å². The van der Waals surface area contributed by atoms with Gasteiger partial charge in [-0.3, -0.25) is 4.79 Å². The molecule has 3 nitrogen and oxygen atoms in total. The topological polar surface area (TPSA) is 42.0 Å². The largest absolute Gasteiger partial charge is 0.302 e. The van der Waals surface area contributed by atoms with Crippen LogP contribution in [0.15, 0.2) is 0 Å². The first-order valence-corrected chi connectivity index (χ1v) is 6.58. The molecule has 1 aromatic rings. The molecule has 1 heterocycles. The van der Waals surface area contributed by atoms with Gasteiger partial charge in [-0.05, 0) is 25.7 Å². The molecule has 0 spiro atoms. The van der Waals surface area contributed by atoms with Crippen molar-refractivity contribution in [1.82, 2.24) is 4.98 Å². The van der Waals surface area contributed by atoms with Crippen molar-refractivity contribution in [2.75, 3.05) is 5.32 Å². The molecule has 0 saturated carbocycles. The van der Waals surface area contributed by atoms with Gasteiger partial charge in [-0.25, -0.2) is 4.98 Å². The van der Waals surface area contributed by atoms with Crippen LogP contribution in [0.4, 0.5) is 5.13 Å². The van der Waals surface area contributed by atoms with Crippen molar-refractivity contribution in [1.29, 1.82) is 0 Å². The first kappa shape index (κ1) is 11.6. The van der Waals surface area contributed by atoms with E-state index in [1.54, 1.807) is 11.3 Å². The SMILES string of the molecule is CC(C)(C)C(=O)Nc1nc2c(s1)CCCC2. The third-order valence-electron chi connectivity index (χ3n) is 2.75. The number of thiazole rings is 1. The standard InChI is InChI=1S/C12H18N2OS/c1-12(2,3)10(15)14-11-13-8-6-4-5-7-9(8)16-11/h4-7H2,1-3H3,(H,13,14,15). The van der Waals surface area contributed by atoms with E-state index in [0.29, 0.717) is 0 Å². The van der Waals surface area contributed by atoms with Gasteiger partial charge in [0, 0.05) is 10.3 Å². The molecule has 88 valence electrons. The molecule has 16 heavy (non-hydrogen) atoms. The van der Waals surface area contributed by atoms with Crippen LogP contribution in [-0.2, 0) is 17.6 Å². The minimum atomic E-state index is -0.355. The number of carbonyl (C=O) groups is 1. The molecule has 1 aliphatic carbocycles. The zero-order valence-corrected chi connectivity index (χ0v) is 10.9. The minimum absolute atomic E-state index is 0.0404. The minimum Gasteiger partial charge on any atom is -0.302 e. The Morgan fingerprint density at radius 2 is 2.00 bits per heavy atom. The summed E-state index contributed by atoms with van der Waals surface area (Å²) < 4.78 is 0. The highest BCUT2D eigenvalue weighted by atomic mass is 32.1. The van der Waals surface area contributed by atoms with E-state index in [1.165, 1.54) is 23.4 Å². The molecule has 1 aliphatic rings. The smallest absolute Gasteiger partial charge is 0.231 e. The van der Waals surface area contributed by atoms with E-state index in [9.17, 15) is 4.79 Å². The molecule has 0 unspecified atom stereocenters. The molecule has 0 aromatic carbocycles. The van der Waals surface area contributed by atoms with Crippen LogP contribution >= 0.6 is 11.3 Å². The zero-order chi connectivity index (χ0) is 11.8. The van der Waals surface area contributed by atoms with Crippen LogP contribution in [0.2, 0.25) is 0 Å². The van der Waals surface area contributed by atoms with Gasteiger partial charge in [-0.15, -0.1) is 11.3 Å². The number of aryl methyl sites for hydroxylation is 2. The maximum Gasteiger partial charge on any atom is 0.231 e. The summed E-state index contributed by atoms with van der Waals surface area (Å²) >= 11 is 1.64. The Morgan fingerprint density at radius 3 is 2.62 bits per heavy atom. The van der Waals surface area contributed by atoms with Gasteiger partial charge in [0.15, 0.2) is 5.13 Å². The zero-order valence-electron chi connectivity index (χ0n) is 10.1. The van der Waals surface area contributed by atoms with E-state index < -0.39 is 0 Å². The number of carbonyl (C=O) groups excluding carboxylic acids is 1.